The van der Waals surface area contributed by atoms with E-state index < -0.39 is 11.7 Å². The summed E-state index contributed by atoms with van der Waals surface area (Å²) in [4.78, 5) is 20.3. The molecule has 3 aromatic rings. The molecule has 0 aliphatic heterocycles. The monoisotopic (exact) mass is 370 g/mol. The van der Waals surface area contributed by atoms with Gasteiger partial charge in [-0.2, -0.15) is 0 Å². The highest BCUT2D eigenvalue weighted by atomic mass is 35.5. The van der Waals surface area contributed by atoms with Crippen molar-refractivity contribution in [1.82, 2.24) is 9.97 Å². The van der Waals surface area contributed by atoms with Crippen LogP contribution < -0.4 is 10.6 Å². The zero-order valence-electron chi connectivity index (χ0n) is 13.7. The lowest BCUT2D eigenvalue weighted by Crippen LogP contribution is -2.15. The van der Waals surface area contributed by atoms with E-state index in [1.807, 2.05) is 24.3 Å². The molecule has 0 aliphatic carbocycles. The molecule has 26 heavy (non-hydrogen) atoms. The fraction of sp³-hybridized carbons (Fsp3) is 0.105. The smallest absolute Gasteiger partial charge is 0.275 e. The van der Waals surface area contributed by atoms with Crippen LogP contribution in [0, 0.1) is 5.82 Å². The van der Waals surface area contributed by atoms with E-state index in [0.717, 1.165) is 12.0 Å². The Morgan fingerprint density at radius 1 is 1.08 bits per heavy atom. The lowest BCUT2D eigenvalue weighted by atomic mass is 10.1. The first-order valence-electron chi connectivity index (χ1n) is 7.98. The van der Waals surface area contributed by atoms with E-state index in [9.17, 15) is 9.18 Å². The van der Waals surface area contributed by atoms with Gasteiger partial charge in [-0.1, -0.05) is 35.9 Å². The molecule has 1 aromatic heterocycles. The summed E-state index contributed by atoms with van der Waals surface area (Å²) < 4.78 is 13.6. The number of hydrogen-bond acceptors (Lipinski definition) is 4. The molecule has 0 saturated carbocycles. The molecule has 0 radical (unpaired) electrons. The highest BCUT2D eigenvalue weighted by Gasteiger charge is 2.10. The van der Waals surface area contributed by atoms with E-state index >= 15 is 0 Å². The number of carbonyl (C=O) groups is 1. The van der Waals surface area contributed by atoms with Gasteiger partial charge >= 0.3 is 0 Å². The predicted octanol–water partition coefficient (Wildman–Crippen LogP) is 4.18. The molecule has 0 bridgehead atoms. The third-order valence-corrected chi connectivity index (χ3v) is 3.85. The van der Waals surface area contributed by atoms with Gasteiger partial charge in [-0.3, -0.25) is 4.79 Å². The van der Waals surface area contributed by atoms with Crippen LogP contribution in [0.3, 0.4) is 0 Å². The zero-order chi connectivity index (χ0) is 18.4. The van der Waals surface area contributed by atoms with Gasteiger partial charge in [0.05, 0.1) is 18.1 Å². The summed E-state index contributed by atoms with van der Waals surface area (Å²) in [5, 5.41) is 6.30. The summed E-state index contributed by atoms with van der Waals surface area (Å²) in [7, 11) is 0. The lowest BCUT2D eigenvalue weighted by Gasteiger charge is -2.07. The van der Waals surface area contributed by atoms with Crippen molar-refractivity contribution in [2.75, 3.05) is 17.2 Å². The highest BCUT2D eigenvalue weighted by molar-refractivity contribution is 6.30. The van der Waals surface area contributed by atoms with Gasteiger partial charge < -0.3 is 10.6 Å². The Balaban J connectivity index is 1.54. The fourth-order valence-corrected chi connectivity index (χ4v) is 2.53. The maximum atomic E-state index is 13.6. The van der Waals surface area contributed by atoms with Crippen LogP contribution in [-0.4, -0.2) is 22.4 Å². The number of aromatic nitrogens is 2. The van der Waals surface area contributed by atoms with Crippen LogP contribution in [0.1, 0.15) is 16.1 Å². The van der Waals surface area contributed by atoms with Crippen LogP contribution in [0.15, 0.2) is 60.9 Å². The van der Waals surface area contributed by atoms with Crippen molar-refractivity contribution >= 4 is 29.0 Å². The second-order valence-corrected chi connectivity index (χ2v) is 5.96. The number of carbonyl (C=O) groups excluding carboxylic acids is 1. The maximum absolute atomic E-state index is 13.6. The minimum atomic E-state index is -0.520. The van der Waals surface area contributed by atoms with Crippen molar-refractivity contribution < 1.29 is 9.18 Å². The molecule has 132 valence electrons. The topological polar surface area (TPSA) is 66.9 Å². The molecule has 7 heteroatoms. The van der Waals surface area contributed by atoms with E-state index in [0.29, 0.717) is 17.4 Å². The number of anilines is 2. The number of nitrogens with one attached hydrogen (secondary N) is 2. The third-order valence-electron chi connectivity index (χ3n) is 3.62. The van der Waals surface area contributed by atoms with Gasteiger partial charge in [-0.05, 0) is 36.2 Å². The molecule has 0 spiro atoms. The van der Waals surface area contributed by atoms with Gasteiger partial charge in [-0.15, -0.1) is 0 Å². The first kappa shape index (κ1) is 17.8. The summed E-state index contributed by atoms with van der Waals surface area (Å²) >= 11 is 5.95. The van der Waals surface area contributed by atoms with Gasteiger partial charge in [0.15, 0.2) is 0 Å². The standard InChI is InChI=1S/C19H16ClFN4O/c20-14-5-3-4-13(10-14)8-9-22-18-12-23-17(11-24-18)19(26)25-16-7-2-1-6-15(16)21/h1-7,10-12H,8-9H2,(H,22,24)(H,25,26). The molecule has 3 rings (SSSR count). The van der Waals surface area contributed by atoms with Gasteiger partial charge in [0.2, 0.25) is 0 Å². The highest BCUT2D eigenvalue weighted by Crippen LogP contribution is 2.14. The van der Waals surface area contributed by atoms with Crippen molar-refractivity contribution in [3.05, 3.63) is 83.0 Å². The number of para-hydroxylation sites is 1. The van der Waals surface area contributed by atoms with Crippen LogP contribution in [0.2, 0.25) is 5.02 Å². The Kier molecular flexibility index (Phi) is 5.76. The molecule has 1 amide bonds. The SMILES string of the molecule is O=C(Nc1ccccc1F)c1cnc(NCCc2cccc(Cl)c2)cn1. The van der Waals surface area contributed by atoms with Crippen LogP contribution in [0.4, 0.5) is 15.9 Å². The van der Waals surface area contributed by atoms with Crippen LogP contribution in [-0.2, 0) is 6.42 Å². The number of hydrogen-bond donors (Lipinski definition) is 2. The Bertz CT molecular complexity index is 902. The Morgan fingerprint density at radius 2 is 1.92 bits per heavy atom. The molecule has 0 atom stereocenters. The normalized spacial score (nSPS) is 10.4. The van der Waals surface area contributed by atoms with Gasteiger partial charge in [0.25, 0.3) is 5.91 Å². The van der Waals surface area contributed by atoms with Crippen molar-refractivity contribution in [2.45, 2.75) is 6.42 Å². The number of amides is 1. The van der Waals surface area contributed by atoms with E-state index in [2.05, 4.69) is 20.6 Å². The molecule has 0 unspecified atom stereocenters. The number of rotatable bonds is 6. The minimum absolute atomic E-state index is 0.100. The van der Waals surface area contributed by atoms with Crippen molar-refractivity contribution in [1.29, 1.82) is 0 Å². The summed E-state index contributed by atoms with van der Waals surface area (Å²) in [5.74, 6) is -0.476. The molecule has 2 N–H and O–H groups in total. The first-order chi connectivity index (χ1) is 12.6. The third kappa shape index (κ3) is 4.77. The van der Waals surface area contributed by atoms with Gasteiger partial charge in [0, 0.05) is 11.6 Å². The average Bonchev–Trinajstić information content (AvgIpc) is 2.64. The van der Waals surface area contributed by atoms with Crippen molar-refractivity contribution in [3.63, 3.8) is 0 Å². The Hall–Kier alpha value is -2.99. The zero-order valence-corrected chi connectivity index (χ0v) is 14.5. The molecule has 0 aliphatic rings. The first-order valence-corrected chi connectivity index (χ1v) is 8.36. The summed E-state index contributed by atoms with van der Waals surface area (Å²) in [6, 6.07) is 13.6. The second kappa shape index (κ2) is 8.40. The molecule has 2 aromatic carbocycles. The van der Waals surface area contributed by atoms with Crippen LogP contribution >= 0.6 is 11.6 Å². The summed E-state index contributed by atoms with van der Waals surface area (Å²) in [6.07, 6.45) is 3.59. The Labute approximate surface area is 155 Å². The fourth-order valence-electron chi connectivity index (χ4n) is 2.31. The van der Waals surface area contributed by atoms with E-state index in [-0.39, 0.29) is 11.4 Å². The average molecular weight is 371 g/mol. The van der Waals surface area contributed by atoms with E-state index in [4.69, 9.17) is 11.6 Å². The number of benzene rings is 2. The molecule has 1 heterocycles. The molecular formula is C19H16ClFN4O. The van der Waals surface area contributed by atoms with Crippen molar-refractivity contribution in [2.24, 2.45) is 0 Å². The molecular weight excluding hydrogens is 355 g/mol. The van der Waals surface area contributed by atoms with Crippen LogP contribution in [0.25, 0.3) is 0 Å². The maximum Gasteiger partial charge on any atom is 0.275 e. The molecule has 0 saturated heterocycles. The summed E-state index contributed by atoms with van der Waals surface area (Å²) in [6.45, 7) is 0.649. The largest absolute Gasteiger partial charge is 0.368 e. The quantitative estimate of drug-likeness (QED) is 0.683. The number of nitrogens with zero attached hydrogens (tertiary/aromatic N) is 2. The minimum Gasteiger partial charge on any atom is -0.368 e. The van der Waals surface area contributed by atoms with Gasteiger partial charge in [-0.25, -0.2) is 14.4 Å². The van der Waals surface area contributed by atoms with E-state index in [1.165, 1.54) is 24.5 Å². The molecule has 0 fully saturated rings. The lowest BCUT2D eigenvalue weighted by molar-refractivity contribution is 0.102. The van der Waals surface area contributed by atoms with E-state index in [1.54, 1.807) is 12.1 Å². The summed E-state index contributed by atoms with van der Waals surface area (Å²) in [5.41, 5.74) is 1.32. The second-order valence-electron chi connectivity index (χ2n) is 5.53. The predicted molar refractivity (Wildman–Crippen MR) is 100 cm³/mol. The molecule has 5 nitrogen and oxygen atoms in total. The van der Waals surface area contributed by atoms with Gasteiger partial charge in [0.1, 0.15) is 17.3 Å². The Morgan fingerprint density at radius 3 is 2.65 bits per heavy atom. The number of halogens is 2. The van der Waals surface area contributed by atoms with Crippen molar-refractivity contribution in [3.8, 4) is 0 Å². The van der Waals surface area contributed by atoms with Crippen LogP contribution in [0.5, 0.6) is 0 Å².